The number of hydrogen-bond acceptors (Lipinski definition) is 4. The zero-order valence-electron chi connectivity index (χ0n) is 14.3. The topological polar surface area (TPSA) is 75.7 Å². The molecule has 1 atom stereocenters. The number of rotatable bonds is 3. The van der Waals surface area contributed by atoms with Gasteiger partial charge in [0.25, 0.3) is 5.91 Å². The molecule has 0 bridgehead atoms. The van der Waals surface area contributed by atoms with Crippen LogP contribution in [0.5, 0.6) is 5.75 Å². The van der Waals surface area contributed by atoms with Gasteiger partial charge in [-0.2, -0.15) is 0 Å². The molecule has 0 radical (unpaired) electrons. The molecule has 1 aliphatic heterocycles. The first-order valence-corrected chi connectivity index (χ1v) is 9.72. The average molecular weight is 360 g/mol. The summed E-state index contributed by atoms with van der Waals surface area (Å²) in [7, 11) is -3.52. The van der Waals surface area contributed by atoms with Crippen LogP contribution in [0.25, 0.3) is 0 Å². The van der Waals surface area contributed by atoms with Crippen molar-refractivity contribution in [1.82, 2.24) is 0 Å². The largest absolute Gasteiger partial charge is 0.476 e. The van der Waals surface area contributed by atoms with Crippen molar-refractivity contribution in [3.8, 4) is 5.75 Å². The maximum Gasteiger partial charge on any atom is 0.267 e. The Morgan fingerprint density at radius 1 is 1.12 bits per heavy atom. The molecule has 6 nitrogen and oxygen atoms in total. The summed E-state index contributed by atoms with van der Waals surface area (Å²) in [5, 5.41) is 2.87. The number of sulfonamides is 1. The van der Waals surface area contributed by atoms with E-state index in [1.165, 1.54) is 4.31 Å². The van der Waals surface area contributed by atoms with Gasteiger partial charge >= 0.3 is 0 Å². The number of nitrogens with zero attached hydrogens (tertiary/aromatic N) is 1. The fraction of sp³-hybridized carbons (Fsp3) is 0.278. The van der Waals surface area contributed by atoms with Gasteiger partial charge in [0.05, 0.1) is 18.5 Å². The number of carbonyl (C=O) groups excluding carboxylic acids is 1. The van der Waals surface area contributed by atoms with E-state index in [4.69, 9.17) is 4.74 Å². The number of aryl methyl sites for hydroxylation is 2. The zero-order chi connectivity index (χ0) is 18.2. The fourth-order valence-corrected chi connectivity index (χ4v) is 3.78. The number of nitrogens with one attached hydrogen (secondary N) is 1. The molecule has 1 amide bonds. The Morgan fingerprint density at radius 2 is 1.76 bits per heavy atom. The Bertz CT molecular complexity index is 904. The number of para-hydroxylation sites is 3. The molecule has 0 saturated heterocycles. The summed E-state index contributed by atoms with van der Waals surface area (Å²) < 4.78 is 31.2. The van der Waals surface area contributed by atoms with Crippen LogP contribution in [0.3, 0.4) is 0 Å². The molecule has 0 saturated carbocycles. The van der Waals surface area contributed by atoms with E-state index in [9.17, 15) is 13.2 Å². The van der Waals surface area contributed by atoms with E-state index in [0.717, 1.165) is 23.1 Å². The molecule has 1 N–H and O–H groups in total. The van der Waals surface area contributed by atoms with Crippen LogP contribution in [0.15, 0.2) is 42.5 Å². The third kappa shape index (κ3) is 3.46. The first-order valence-electron chi connectivity index (χ1n) is 7.88. The normalized spacial score (nSPS) is 16.8. The van der Waals surface area contributed by atoms with E-state index >= 15 is 0 Å². The number of amides is 1. The molecule has 132 valence electrons. The Kier molecular flexibility index (Phi) is 4.43. The lowest BCUT2D eigenvalue weighted by Gasteiger charge is -2.34. The number of benzene rings is 2. The third-order valence-electron chi connectivity index (χ3n) is 4.16. The monoisotopic (exact) mass is 360 g/mol. The van der Waals surface area contributed by atoms with Gasteiger partial charge < -0.3 is 10.1 Å². The van der Waals surface area contributed by atoms with Gasteiger partial charge in [-0.05, 0) is 37.1 Å². The molecule has 1 heterocycles. The Balaban J connectivity index is 1.90. The lowest BCUT2D eigenvalue weighted by molar-refractivity contribution is -0.122. The van der Waals surface area contributed by atoms with Crippen LogP contribution < -0.4 is 14.4 Å². The van der Waals surface area contributed by atoms with Crippen LogP contribution in [0.1, 0.15) is 11.1 Å². The summed E-state index contributed by atoms with van der Waals surface area (Å²) in [6, 6.07) is 12.5. The molecule has 0 unspecified atom stereocenters. The number of ether oxygens (including phenoxy) is 1. The van der Waals surface area contributed by atoms with E-state index in [2.05, 4.69) is 5.32 Å². The minimum atomic E-state index is -3.52. The van der Waals surface area contributed by atoms with E-state index in [1.54, 1.807) is 24.3 Å². The zero-order valence-corrected chi connectivity index (χ0v) is 15.1. The summed E-state index contributed by atoms with van der Waals surface area (Å²) >= 11 is 0. The van der Waals surface area contributed by atoms with Crippen molar-refractivity contribution in [2.45, 2.75) is 20.0 Å². The predicted molar refractivity (Wildman–Crippen MR) is 97.6 cm³/mol. The van der Waals surface area contributed by atoms with Gasteiger partial charge in [0.1, 0.15) is 5.75 Å². The second-order valence-corrected chi connectivity index (χ2v) is 8.03. The quantitative estimate of drug-likeness (QED) is 0.912. The van der Waals surface area contributed by atoms with Gasteiger partial charge in [0.15, 0.2) is 6.10 Å². The highest BCUT2D eigenvalue weighted by molar-refractivity contribution is 7.92. The standard InChI is InChI=1S/C18H20N2O4S/c1-12-7-6-8-13(2)17(12)19-18(21)16-11-20(25(3,22)23)14-9-4-5-10-15(14)24-16/h4-10,16H,11H2,1-3H3,(H,19,21)/t16-/m0/s1. The lowest BCUT2D eigenvalue weighted by Crippen LogP contribution is -2.48. The first-order chi connectivity index (χ1) is 11.8. The van der Waals surface area contributed by atoms with Crippen LogP contribution in [0.4, 0.5) is 11.4 Å². The minimum absolute atomic E-state index is 0.0629. The van der Waals surface area contributed by atoms with Gasteiger partial charge in [-0.25, -0.2) is 8.42 Å². The lowest BCUT2D eigenvalue weighted by atomic mass is 10.1. The molecule has 1 aliphatic rings. The van der Waals surface area contributed by atoms with Gasteiger partial charge in [-0.1, -0.05) is 30.3 Å². The van der Waals surface area contributed by atoms with E-state index in [0.29, 0.717) is 11.4 Å². The first kappa shape index (κ1) is 17.3. The molecule has 0 aliphatic carbocycles. The molecule has 0 fully saturated rings. The van der Waals surface area contributed by atoms with Crippen molar-refractivity contribution in [1.29, 1.82) is 0 Å². The maximum absolute atomic E-state index is 12.7. The molecular weight excluding hydrogens is 340 g/mol. The van der Waals surface area contributed by atoms with Crippen LogP contribution in [0, 0.1) is 13.8 Å². The second-order valence-electron chi connectivity index (χ2n) is 6.12. The molecule has 7 heteroatoms. The van der Waals surface area contributed by atoms with Gasteiger partial charge in [0.2, 0.25) is 10.0 Å². The molecule has 2 aromatic carbocycles. The number of fused-ring (bicyclic) bond motifs is 1. The summed E-state index contributed by atoms with van der Waals surface area (Å²) in [6.45, 7) is 3.75. The SMILES string of the molecule is Cc1cccc(C)c1NC(=O)[C@@H]1CN(S(C)(=O)=O)c2ccccc2O1. The summed E-state index contributed by atoms with van der Waals surface area (Å²) in [5.74, 6) is 0.00128. The van der Waals surface area contributed by atoms with Crippen molar-refractivity contribution in [2.75, 3.05) is 22.4 Å². The van der Waals surface area contributed by atoms with Crippen molar-refractivity contribution in [3.05, 3.63) is 53.6 Å². The van der Waals surface area contributed by atoms with Crippen LogP contribution >= 0.6 is 0 Å². The van der Waals surface area contributed by atoms with Crippen molar-refractivity contribution in [2.24, 2.45) is 0 Å². The maximum atomic E-state index is 12.7. The Morgan fingerprint density at radius 3 is 2.40 bits per heavy atom. The highest BCUT2D eigenvalue weighted by Gasteiger charge is 2.35. The highest BCUT2D eigenvalue weighted by atomic mass is 32.2. The van der Waals surface area contributed by atoms with Crippen LogP contribution in [-0.4, -0.2) is 33.2 Å². The van der Waals surface area contributed by atoms with Gasteiger partial charge in [-0.3, -0.25) is 9.10 Å². The fourth-order valence-electron chi connectivity index (χ4n) is 2.87. The minimum Gasteiger partial charge on any atom is -0.476 e. The molecule has 3 rings (SSSR count). The Labute approximate surface area is 147 Å². The molecular formula is C18H20N2O4S. The van der Waals surface area contributed by atoms with Crippen molar-refractivity contribution >= 4 is 27.3 Å². The van der Waals surface area contributed by atoms with Crippen molar-refractivity contribution in [3.63, 3.8) is 0 Å². The number of anilines is 2. The van der Waals surface area contributed by atoms with Crippen LogP contribution in [-0.2, 0) is 14.8 Å². The second kappa shape index (κ2) is 6.40. The molecule has 25 heavy (non-hydrogen) atoms. The number of hydrogen-bond donors (Lipinski definition) is 1. The smallest absolute Gasteiger partial charge is 0.267 e. The highest BCUT2D eigenvalue weighted by Crippen LogP contribution is 2.35. The van der Waals surface area contributed by atoms with E-state index < -0.39 is 16.1 Å². The summed E-state index contributed by atoms with van der Waals surface area (Å²) in [4.78, 5) is 12.7. The van der Waals surface area contributed by atoms with Gasteiger partial charge in [0, 0.05) is 5.69 Å². The average Bonchev–Trinajstić information content (AvgIpc) is 2.56. The van der Waals surface area contributed by atoms with E-state index in [1.807, 2.05) is 32.0 Å². The van der Waals surface area contributed by atoms with Crippen LogP contribution in [0.2, 0.25) is 0 Å². The molecule has 0 aromatic heterocycles. The summed E-state index contributed by atoms with van der Waals surface area (Å²) in [6.07, 6.45) is 0.193. The third-order valence-corrected chi connectivity index (χ3v) is 5.30. The van der Waals surface area contributed by atoms with Crippen molar-refractivity contribution < 1.29 is 17.9 Å². The summed E-state index contributed by atoms with van der Waals surface area (Å²) in [5.41, 5.74) is 3.04. The molecule has 0 spiro atoms. The molecule has 2 aromatic rings. The van der Waals surface area contributed by atoms with E-state index in [-0.39, 0.29) is 12.5 Å². The van der Waals surface area contributed by atoms with Gasteiger partial charge in [-0.15, -0.1) is 0 Å². The Hall–Kier alpha value is -2.54. The predicted octanol–water partition coefficient (Wildman–Crippen LogP) is 2.47. The number of carbonyl (C=O) groups is 1.